The van der Waals surface area contributed by atoms with Crippen molar-refractivity contribution < 1.29 is 9.53 Å². The molecule has 1 unspecified atom stereocenters. The van der Waals surface area contributed by atoms with Gasteiger partial charge in [0.1, 0.15) is 0 Å². The monoisotopic (exact) mass is 251 g/mol. The van der Waals surface area contributed by atoms with Gasteiger partial charge in [-0.25, -0.2) is 0 Å². The van der Waals surface area contributed by atoms with Crippen LogP contribution >= 0.6 is 0 Å². The Labute approximate surface area is 110 Å². The second kappa shape index (κ2) is 5.98. The van der Waals surface area contributed by atoms with Crippen LogP contribution in [0, 0.1) is 0 Å². The van der Waals surface area contributed by atoms with Gasteiger partial charge in [-0.05, 0) is 44.6 Å². The summed E-state index contributed by atoms with van der Waals surface area (Å²) < 4.78 is 5.40. The van der Waals surface area contributed by atoms with E-state index in [1.807, 2.05) is 0 Å². The average Bonchev–Trinajstić information content (AvgIpc) is 2.47. The molecular weight excluding hydrogens is 226 g/mol. The smallest absolute Gasteiger partial charge is 0.178 e. The van der Waals surface area contributed by atoms with E-state index in [0.717, 1.165) is 51.1 Å². The Morgan fingerprint density at radius 2 is 2.11 bits per heavy atom. The van der Waals surface area contributed by atoms with Crippen LogP contribution in [-0.2, 0) is 9.53 Å². The van der Waals surface area contributed by atoms with Gasteiger partial charge in [0, 0.05) is 13.1 Å². The van der Waals surface area contributed by atoms with Crippen molar-refractivity contribution in [2.75, 3.05) is 26.3 Å². The molecule has 3 heteroatoms. The van der Waals surface area contributed by atoms with E-state index in [1.54, 1.807) is 0 Å². The number of ether oxygens (including phenoxy) is 1. The van der Waals surface area contributed by atoms with Gasteiger partial charge < -0.3 is 4.74 Å². The fourth-order valence-electron chi connectivity index (χ4n) is 2.97. The van der Waals surface area contributed by atoms with Crippen molar-refractivity contribution in [3.05, 3.63) is 11.6 Å². The van der Waals surface area contributed by atoms with Crippen LogP contribution in [0.15, 0.2) is 11.6 Å². The van der Waals surface area contributed by atoms with Gasteiger partial charge in [-0.1, -0.05) is 13.0 Å². The first-order chi connectivity index (χ1) is 8.68. The summed E-state index contributed by atoms with van der Waals surface area (Å²) in [6, 6.07) is 0. The lowest BCUT2D eigenvalue weighted by Gasteiger charge is -2.42. The van der Waals surface area contributed by atoms with Crippen LogP contribution in [0.4, 0.5) is 0 Å². The molecule has 0 N–H and O–H groups in total. The number of nitrogens with zero attached hydrogens (tertiary/aromatic N) is 1. The number of hydrogen-bond donors (Lipinski definition) is 0. The van der Waals surface area contributed by atoms with Crippen molar-refractivity contribution in [2.45, 2.75) is 51.5 Å². The number of hydrogen-bond acceptors (Lipinski definition) is 3. The highest BCUT2D eigenvalue weighted by molar-refractivity contribution is 6.02. The zero-order valence-corrected chi connectivity index (χ0v) is 11.7. The average molecular weight is 251 g/mol. The van der Waals surface area contributed by atoms with E-state index in [4.69, 9.17) is 4.74 Å². The fourth-order valence-corrected chi connectivity index (χ4v) is 2.97. The Hall–Kier alpha value is -0.670. The molecule has 18 heavy (non-hydrogen) atoms. The minimum absolute atomic E-state index is 0.326. The van der Waals surface area contributed by atoms with Gasteiger partial charge in [-0.3, -0.25) is 9.69 Å². The number of Topliss-reactive ketones (excluding diaryl/α,β-unsaturated/α-hetero) is 1. The number of carbonyl (C=O) groups is 1. The lowest BCUT2D eigenvalue weighted by molar-refractivity contribution is -0.130. The first-order valence-electron chi connectivity index (χ1n) is 7.25. The molecule has 0 spiro atoms. The lowest BCUT2D eigenvalue weighted by atomic mass is 9.82. The molecule has 2 aliphatic rings. The molecule has 1 aliphatic carbocycles. The van der Waals surface area contributed by atoms with Crippen LogP contribution in [0.2, 0.25) is 0 Å². The van der Waals surface area contributed by atoms with Crippen molar-refractivity contribution in [1.82, 2.24) is 4.90 Å². The molecule has 1 heterocycles. The summed E-state index contributed by atoms with van der Waals surface area (Å²) in [5.41, 5.74) is 0.740. The summed E-state index contributed by atoms with van der Waals surface area (Å²) in [5, 5.41) is 0. The largest absolute Gasteiger partial charge is 0.379 e. The Bertz CT molecular complexity index is 331. The highest BCUT2D eigenvalue weighted by Gasteiger charge is 2.39. The van der Waals surface area contributed by atoms with Gasteiger partial charge >= 0.3 is 0 Å². The van der Waals surface area contributed by atoms with Crippen molar-refractivity contribution >= 4 is 5.78 Å². The van der Waals surface area contributed by atoms with E-state index < -0.39 is 0 Å². The Morgan fingerprint density at radius 1 is 1.39 bits per heavy atom. The lowest BCUT2D eigenvalue weighted by Crippen LogP contribution is -2.56. The standard InChI is InChI=1S/C15H25NO2/c1-3-15(2,16-9-11-18-12-10-16)14(17)13-7-5-4-6-8-13/h7H,3-6,8-12H2,1-2H3. The van der Waals surface area contributed by atoms with Crippen LogP contribution in [0.3, 0.4) is 0 Å². The second-order valence-electron chi connectivity index (χ2n) is 5.53. The third-order valence-electron chi connectivity index (χ3n) is 4.47. The van der Waals surface area contributed by atoms with Crippen LogP contribution < -0.4 is 0 Å². The normalized spacial score (nSPS) is 25.3. The van der Waals surface area contributed by atoms with Gasteiger partial charge in [0.25, 0.3) is 0 Å². The van der Waals surface area contributed by atoms with E-state index in [-0.39, 0.29) is 5.54 Å². The maximum absolute atomic E-state index is 12.8. The number of allylic oxidation sites excluding steroid dienone is 1. The van der Waals surface area contributed by atoms with E-state index >= 15 is 0 Å². The van der Waals surface area contributed by atoms with Crippen molar-refractivity contribution in [3.8, 4) is 0 Å². The first kappa shape index (κ1) is 13.8. The molecule has 0 radical (unpaired) electrons. The highest BCUT2D eigenvalue weighted by Crippen LogP contribution is 2.29. The van der Waals surface area contributed by atoms with Gasteiger partial charge in [-0.15, -0.1) is 0 Å². The van der Waals surface area contributed by atoms with Gasteiger partial charge in [0.2, 0.25) is 0 Å². The molecule has 0 saturated carbocycles. The van der Waals surface area contributed by atoms with E-state index in [9.17, 15) is 4.79 Å². The van der Waals surface area contributed by atoms with Gasteiger partial charge in [0.05, 0.1) is 18.8 Å². The number of carbonyl (C=O) groups excluding carboxylic acids is 1. The van der Waals surface area contributed by atoms with Crippen LogP contribution in [-0.4, -0.2) is 42.5 Å². The molecule has 1 saturated heterocycles. The molecule has 0 aromatic rings. The summed E-state index contributed by atoms with van der Waals surface area (Å²) in [6.07, 6.45) is 7.49. The topological polar surface area (TPSA) is 29.5 Å². The summed E-state index contributed by atoms with van der Waals surface area (Å²) in [6.45, 7) is 7.49. The Morgan fingerprint density at radius 3 is 2.67 bits per heavy atom. The predicted molar refractivity (Wildman–Crippen MR) is 72.6 cm³/mol. The molecule has 0 aromatic carbocycles. The molecular formula is C15H25NO2. The van der Waals surface area contributed by atoms with Crippen molar-refractivity contribution in [3.63, 3.8) is 0 Å². The number of morpholine rings is 1. The molecule has 0 aromatic heterocycles. The zero-order chi connectivity index (χ0) is 13.0. The predicted octanol–water partition coefficient (Wildman–Crippen LogP) is 2.56. The minimum atomic E-state index is -0.326. The molecule has 0 bridgehead atoms. The molecule has 102 valence electrons. The maximum atomic E-state index is 12.8. The summed E-state index contributed by atoms with van der Waals surface area (Å²) >= 11 is 0. The van der Waals surface area contributed by atoms with E-state index in [0.29, 0.717) is 5.78 Å². The Balaban J connectivity index is 2.14. The van der Waals surface area contributed by atoms with Gasteiger partial charge in [-0.2, -0.15) is 0 Å². The second-order valence-corrected chi connectivity index (χ2v) is 5.53. The summed E-state index contributed by atoms with van der Waals surface area (Å²) in [7, 11) is 0. The minimum Gasteiger partial charge on any atom is -0.379 e. The molecule has 0 amide bonds. The fraction of sp³-hybridized carbons (Fsp3) is 0.800. The van der Waals surface area contributed by atoms with Crippen LogP contribution in [0.25, 0.3) is 0 Å². The SMILES string of the molecule is CCC(C)(C(=O)C1=CCCCC1)N1CCOCC1. The van der Waals surface area contributed by atoms with E-state index in [1.165, 1.54) is 12.8 Å². The highest BCUT2D eigenvalue weighted by atomic mass is 16.5. The number of rotatable bonds is 4. The first-order valence-corrected chi connectivity index (χ1v) is 7.25. The summed E-state index contributed by atoms with van der Waals surface area (Å²) in [4.78, 5) is 15.1. The third-order valence-corrected chi connectivity index (χ3v) is 4.47. The van der Waals surface area contributed by atoms with Gasteiger partial charge in [0.15, 0.2) is 5.78 Å². The molecule has 2 rings (SSSR count). The maximum Gasteiger partial charge on any atom is 0.178 e. The zero-order valence-electron chi connectivity index (χ0n) is 11.7. The Kier molecular flexibility index (Phi) is 4.57. The van der Waals surface area contributed by atoms with Crippen molar-refractivity contribution in [2.24, 2.45) is 0 Å². The number of ketones is 1. The van der Waals surface area contributed by atoms with Crippen LogP contribution in [0.5, 0.6) is 0 Å². The van der Waals surface area contributed by atoms with Crippen LogP contribution in [0.1, 0.15) is 46.0 Å². The molecule has 1 atom stereocenters. The quantitative estimate of drug-likeness (QED) is 0.769. The molecule has 1 fully saturated rings. The molecule has 1 aliphatic heterocycles. The summed E-state index contributed by atoms with van der Waals surface area (Å²) in [5.74, 6) is 0.353. The molecule has 3 nitrogen and oxygen atoms in total. The van der Waals surface area contributed by atoms with E-state index in [2.05, 4.69) is 24.8 Å². The van der Waals surface area contributed by atoms with Crippen molar-refractivity contribution in [1.29, 1.82) is 0 Å². The third kappa shape index (κ3) is 2.67.